The van der Waals surface area contributed by atoms with Crippen LogP contribution in [0.25, 0.3) is 11.2 Å². The number of fused-ring (bicyclic) bond motifs is 1. The fraction of sp³-hybridized carbons (Fsp3) is 0.571. The Morgan fingerprint density at radius 1 is 1.10 bits per heavy atom. The van der Waals surface area contributed by atoms with Gasteiger partial charge in [-0.15, -0.1) is 0 Å². The quantitative estimate of drug-likeness (QED) is 0.439. The Kier molecular flexibility index (Phi) is 5.92. The zero-order valence-corrected chi connectivity index (χ0v) is 19.5. The second-order valence-electron chi connectivity index (χ2n) is 8.62. The van der Waals surface area contributed by atoms with Gasteiger partial charge in [0.1, 0.15) is 0 Å². The molecule has 0 spiro atoms. The van der Waals surface area contributed by atoms with E-state index in [4.69, 9.17) is 4.98 Å². The van der Waals surface area contributed by atoms with Crippen molar-refractivity contribution in [3.8, 4) is 0 Å². The number of aryl methyl sites for hydroxylation is 3. The number of hydrogen-bond acceptors (Lipinski definition) is 7. The average Bonchev–Trinajstić information content (AvgIpc) is 3.10. The lowest BCUT2D eigenvalue weighted by atomic mass is 9.92. The molecule has 1 aliphatic rings. The van der Waals surface area contributed by atoms with Crippen LogP contribution in [0.3, 0.4) is 0 Å². The summed E-state index contributed by atoms with van der Waals surface area (Å²) in [5, 5.41) is 0.714. The maximum atomic E-state index is 13.1. The topological polar surface area (TPSA) is 90.8 Å². The smallest absolute Gasteiger partial charge is 0.332 e. The lowest BCUT2D eigenvalue weighted by Gasteiger charge is -2.35. The van der Waals surface area contributed by atoms with Crippen LogP contribution in [0.4, 0.5) is 5.95 Å². The van der Waals surface area contributed by atoms with Crippen LogP contribution in [0.15, 0.2) is 27.0 Å². The van der Waals surface area contributed by atoms with Gasteiger partial charge in [0.05, 0.1) is 0 Å². The van der Waals surface area contributed by atoms with Crippen molar-refractivity contribution in [3.05, 3.63) is 38.8 Å². The fourth-order valence-electron chi connectivity index (χ4n) is 4.44. The van der Waals surface area contributed by atoms with Gasteiger partial charge in [-0.3, -0.25) is 13.9 Å². The standard InChI is InChI=1S/C21H29N7O2S/c1-13-10-14(2)12-27(11-13)20-24-17-16(18(29)26(5)21(30)25(17)4)28(20)8-9-31-19-22-7-6-15(3)23-19/h6-7,13-14H,8-12H2,1-5H3/t13-,14-/m1/s1. The third kappa shape index (κ3) is 4.13. The van der Waals surface area contributed by atoms with E-state index in [0.29, 0.717) is 40.5 Å². The van der Waals surface area contributed by atoms with Crippen LogP contribution in [0.5, 0.6) is 0 Å². The molecular formula is C21H29N7O2S. The van der Waals surface area contributed by atoms with E-state index in [1.807, 2.05) is 17.6 Å². The molecule has 4 rings (SSSR count). The van der Waals surface area contributed by atoms with Crippen molar-refractivity contribution < 1.29 is 0 Å². The van der Waals surface area contributed by atoms with E-state index in [2.05, 4.69) is 28.7 Å². The molecule has 166 valence electrons. The predicted molar refractivity (Wildman–Crippen MR) is 123 cm³/mol. The zero-order chi connectivity index (χ0) is 22.3. The highest BCUT2D eigenvalue weighted by molar-refractivity contribution is 7.99. The first-order valence-corrected chi connectivity index (χ1v) is 11.6. The molecule has 0 bridgehead atoms. The number of nitrogens with zero attached hydrogens (tertiary/aromatic N) is 7. The summed E-state index contributed by atoms with van der Waals surface area (Å²) in [6, 6.07) is 1.87. The molecule has 2 atom stereocenters. The van der Waals surface area contributed by atoms with Gasteiger partial charge in [0.25, 0.3) is 5.56 Å². The molecule has 9 nitrogen and oxygen atoms in total. The molecule has 0 aromatic carbocycles. The van der Waals surface area contributed by atoms with Crippen molar-refractivity contribution in [2.45, 2.75) is 38.9 Å². The van der Waals surface area contributed by atoms with Crippen LogP contribution in [0.1, 0.15) is 26.0 Å². The van der Waals surface area contributed by atoms with Gasteiger partial charge in [0, 0.05) is 51.4 Å². The van der Waals surface area contributed by atoms with E-state index >= 15 is 0 Å². The van der Waals surface area contributed by atoms with Crippen molar-refractivity contribution in [1.29, 1.82) is 0 Å². The van der Waals surface area contributed by atoms with E-state index < -0.39 is 0 Å². The highest BCUT2D eigenvalue weighted by atomic mass is 32.2. The molecule has 4 heterocycles. The summed E-state index contributed by atoms with van der Waals surface area (Å²) in [7, 11) is 3.18. The highest BCUT2D eigenvalue weighted by Gasteiger charge is 2.28. The van der Waals surface area contributed by atoms with Crippen LogP contribution in [0, 0.1) is 18.8 Å². The van der Waals surface area contributed by atoms with E-state index in [1.165, 1.54) is 18.0 Å². The molecule has 3 aromatic rings. The molecule has 0 amide bonds. The third-order valence-electron chi connectivity index (χ3n) is 5.80. The SMILES string of the molecule is Cc1ccnc(SCCn2c(N3C[C@H](C)C[C@@H](C)C3)nc3c2c(=O)n(C)c(=O)n3C)n1. The fourth-order valence-corrected chi connectivity index (χ4v) is 5.24. The molecule has 1 aliphatic heterocycles. The number of hydrogen-bond donors (Lipinski definition) is 0. The van der Waals surface area contributed by atoms with Crippen molar-refractivity contribution in [3.63, 3.8) is 0 Å². The van der Waals surface area contributed by atoms with Crippen LogP contribution in [0.2, 0.25) is 0 Å². The molecule has 31 heavy (non-hydrogen) atoms. The Labute approximate surface area is 185 Å². The van der Waals surface area contributed by atoms with Gasteiger partial charge in [-0.05, 0) is 31.2 Å². The average molecular weight is 444 g/mol. The van der Waals surface area contributed by atoms with Crippen molar-refractivity contribution in [1.82, 2.24) is 28.7 Å². The van der Waals surface area contributed by atoms with Crippen molar-refractivity contribution in [2.75, 3.05) is 23.7 Å². The summed E-state index contributed by atoms with van der Waals surface area (Å²) in [5.41, 5.74) is 1.15. The number of imidazole rings is 1. The molecule has 0 unspecified atom stereocenters. The van der Waals surface area contributed by atoms with Crippen molar-refractivity contribution in [2.24, 2.45) is 25.9 Å². The lowest BCUT2D eigenvalue weighted by Crippen LogP contribution is -2.40. The number of rotatable bonds is 5. The van der Waals surface area contributed by atoms with E-state index in [0.717, 1.165) is 29.3 Å². The Bertz CT molecular complexity index is 1220. The Balaban J connectivity index is 1.76. The molecule has 0 N–H and O–H groups in total. The summed E-state index contributed by atoms with van der Waals surface area (Å²) in [5.74, 6) is 2.53. The van der Waals surface area contributed by atoms with Gasteiger partial charge in [0.2, 0.25) is 5.95 Å². The monoisotopic (exact) mass is 443 g/mol. The summed E-state index contributed by atoms with van der Waals surface area (Å²) in [4.78, 5) is 41.4. The number of thioether (sulfide) groups is 1. The van der Waals surface area contributed by atoms with Gasteiger partial charge in [-0.25, -0.2) is 14.8 Å². The predicted octanol–water partition coefficient (Wildman–Crippen LogP) is 1.81. The lowest BCUT2D eigenvalue weighted by molar-refractivity contribution is 0.352. The summed E-state index contributed by atoms with van der Waals surface area (Å²) in [6.07, 6.45) is 2.93. The van der Waals surface area contributed by atoms with Gasteiger partial charge >= 0.3 is 5.69 Å². The first-order valence-electron chi connectivity index (χ1n) is 10.6. The highest BCUT2D eigenvalue weighted by Crippen LogP contribution is 2.28. The normalized spacial score (nSPS) is 19.3. The Hall–Kier alpha value is -2.62. The second-order valence-corrected chi connectivity index (χ2v) is 9.68. The number of piperidine rings is 1. The zero-order valence-electron chi connectivity index (χ0n) is 18.7. The van der Waals surface area contributed by atoms with Crippen LogP contribution >= 0.6 is 11.8 Å². The Morgan fingerprint density at radius 3 is 2.48 bits per heavy atom. The van der Waals surface area contributed by atoms with Crippen LogP contribution in [-0.4, -0.2) is 47.5 Å². The van der Waals surface area contributed by atoms with Gasteiger partial charge < -0.3 is 9.47 Å². The molecule has 3 aromatic heterocycles. The molecule has 0 radical (unpaired) electrons. The summed E-state index contributed by atoms with van der Waals surface area (Å²) < 4.78 is 4.59. The first kappa shape index (κ1) is 21.6. The number of aromatic nitrogens is 6. The second kappa shape index (κ2) is 8.49. The number of anilines is 1. The maximum Gasteiger partial charge on any atom is 0.332 e. The van der Waals surface area contributed by atoms with Crippen molar-refractivity contribution >= 4 is 28.9 Å². The van der Waals surface area contributed by atoms with E-state index in [-0.39, 0.29) is 11.2 Å². The first-order chi connectivity index (χ1) is 14.8. The minimum atomic E-state index is -0.364. The minimum absolute atomic E-state index is 0.313. The molecule has 0 saturated carbocycles. The summed E-state index contributed by atoms with van der Waals surface area (Å²) >= 11 is 1.55. The van der Waals surface area contributed by atoms with E-state index in [1.54, 1.807) is 25.0 Å². The summed E-state index contributed by atoms with van der Waals surface area (Å²) in [6.45, 7) is 8.77. The molecule has 10 heteroatoms. The van der Waals surface area contributed by atoms with E-state index in [9.17, 15) is 9.59 Å². The maximum absolute atomic E-state index is 13.1. The van der Waals surface area contributed by atoms with Gasteiger partial charge in [0.15, 0.2) is 16.3 Å². The van der Waals surface area contributed by atoms with Crippen LogP contribution < -0.4 is 16.1 Å². The Morgan fingerprint density at radius 2 is 1.81 bits per heavy atom. The molecule has 0 aliphatic carbocycles. The molecule has 1 fully saturated rings. The largest absolute Gasteiger partial charge is 0.342 e. The van der Waals surface area contributed by atoms with Gasteiger partial charge in [-0.2, -0.15) is 4.98 Å². The molecule has 1 saturated heterocycles. The minimum Gasteiger partial charge on any atom is -0.342 e. The molecular weight excluding hydrogens is 414 g/mol. The van der Waals surface area contributed by atoms with Gasteiger partial charge in [-0.1, -0.05) is 25.6 Å². The van der Waals surface area contributed by atoms with Crippen LogP contribution in [-0.2, 0) is 20.6 Å². The third-order valence-corrected chi connectivity index (χ3v) is 6.64.